The second-order valence-corrected chi connectivity index (χ2v) is 7.59. The molecule has 3 heterocycles. The van der Waals surface area contributed by atoms with Crippen LogP contribution in [0.25, 0.3) is 22.4 Å². The second-order valence-electron chi connectivity index (χ2n) is 7.59. The zero-order valence-corrected chi connectivity index (χ0v) is 17.7. The summed E-state index contributed by atoms with van der Waals surface area (Å²) in [5, 5.41) is 6.68. The molecule has 0 unspecified atom stereocenters. The van der Waals surface area contributed by atoms with E-state index < -0.39 is 0 Å². The smallest absolute Gasteiger partial charge is 0.222 e. The van der Waals surface area contributed by atoms with Gasteiger partial charge in [-0.05, 0) is 67.9 Å². The van der Waals surface area contributed by atoms with E-state index in [1.807, 2.05) is 74.6 Å². The molecular formula is C24H22N8. The van der Waals surface area contributed by atoms with E-state index in [9.17, 15) is 0 Å². The summed E-state index contributed by atoms with van der Waals surface area (Å²) >= 11 is 0. The first-order valence-corrected chi connectivity index (χ1v) is 10.2. The summed E-state index contributed by atoms with van der Waals surface area (Å²) in [6.45, 7) is 3.91. The molecule has 8 nitrogen and oxygen atoms in total. The van der Waals surface area contributed by atoms with Crippen molar-refractivity contribution < 1.29 is 0 Å². The maximum absolute atomic E-state index is 5.75. The predicted octanol–water partition coefficient (Wildman–Crippen LogP) is 5.10. The lowest BCUT2D eigenvalue weighted by Gasteiger charge is -2.09. The molecule has 0 fully saturated rings. The molecule has 3 aromatic heterocycles. The van der Waals surface area contributed by atoms with Crippen molar-refractivity contribution in [1.82, 2.24) is 24.9 Å². The van der Waals surface area contributed by atoms with Crippen molar-refractivity contribution in [3.8, 4) is 11.4 Å². The van der Waals surface area contributed by atoms with Gasteiger partial charge in [-0.2, -0.15) is 4.98 Å². The summed E-state index contributed by atoms with van der Waals surface area (Å²) in [4.78, 5) is 20.6. The third-order valence-electron chi connectivity index (χ3n) is 5.08. The first-order valence-electron chi connectivity index (χ1n) is 10.2. The Balaban J connectivity index is 1.37. The summed E-state index contributed by atoms with van der Waals surface area (Å²) in [5.74, 6) is 1.70. The van der Waals surface area contributed by atoms with Gasteiger partial charge in [-0.25, -0.2) is 9.97 Å². The van der Waals surface area contributed by atoms with Gasteiger partial charge < -0.3 is 21.4 Å². The summed E-state index contributed by atoms with van der Waals surface area (Å²) < 4.78 is 0. The van der Waals surface area contributed by atoms with Crippen molar-refractivity contribution in [3.63, 3.8) is 0 Å². The lowest BCUT2D eigenvalue weighted by atomic mass is 10.2. The van der Waals surface area contributed by atoms with Crippen LogP contribution in [-0.2, 0) is 0 Å². The quantitative estimate of drug-likeness (QED) is 0.311. The molecule has 158 valence electrons. The number of aryl methyl sites for hydroxylation is 2. The van der Waals surface area contributed by atoms with Crippen LogP contribution in [0, 0.1) is 13.8 Å². The first kappa shape index (κ1) is 19.5. The topological polar surface area (TPSA) is 117 Å². The molecule has 0 saturated carbocycles. The van der Waals surface area contributed by atoms with Gasteiger partial charge in [-0.1, -0.05) is 0 Å². The van der Waals surface area contributed by atoms with Gasteiger partial charge in [0, 0.05) is 46.8 Å². The average Bonchev–Trinajstić information content (AvgIpc) is 3.19. The first-order chi connectivity index (χ1) is 15.5. The number of aromatic amines is 1. The van der Waals surface area contributed by atoms with Crippen molar-refractivity contribution >= 4 is 39.9 Å². The van der Waals surface area contributed by atoms with Crippen LogP contribution in [0.3, 0.4) is 0 Å². The Labute approximate surface area is 185 Å². The maximum atomic E-state index is 5.75. The normalized spacial score (nSPS) is 10.9. The van der Waals surface area contributed by atoms with E-state index in [0.717, 1.165) is 50.7 Å². The third kappa shape index (κ3) is 4.06. The molecule has 8 heteroatoms. The molecule has 5 aromatic rings. The van der Waals surface area contributed by atoms with Crippen LogP contribution >= 0.6 is 0 Å². The molecule has 0 amide bonds. The number of H-pyrrole nitrogens is 1. The van der Waals surface area contributed by atoms with Gasteiger partial charge in [0.05, 0.1) is 11.0 Å². The van der Waals surface area contributed by atoms with E-state index in [-0.39, 0.29) is 5.95 Å². The van der Waals surface area contributed by atoms with Crippen LogP contribution in [0.4, 0.5) is 28.8 Å². The van der Waals surface area contributed by atoms with Crippen LogP contribution in [-0.4, -0.2) is 24.9 Å². The molecule has 0 aliphatic heterocycles. The summed E-state index contributed by atoms with van der Waals surface area (Å²) in [5.41, 5.74) is 13.4. The van der Waals surface area contributed by atoms with Gasteiger partial charge in [0.2, 0.25) is 5.95 Å². The fraction of sp³-hybridized carbons (Fsp3) is 0.0833. The molecule has 0 spiro atoms. The minimum atomic E-state index is 0.243. The highest BCUT2D eigenvalue weighted by molar-refractivity contribution is 5.83. The van der Waals surface area contributed by atoms with Crippen molar-refractivity contribution in [2.45, 2.75) is 13.8 Å². The molecule has 0 aliphatic rings. The van der Waals surface area contributed by atoms with Crippen molar-refractivity contribution in [2.24, 2.45) is 0 Å². The van der Waals surface area contributed by atoms with Gasteiger partial charge >= 0.3 is 0 Å². The van der Waals surface area contributed by atoms with Crippen LogP contribution < -0.4 is 16.4 Å². The van der Waals surface area contributed by atoms with Crippen molar-refractivity contribution in [3.05, 3.63) is 78.2 Å². The fourth-order valence-electron chi connectivity index (χ4n) is 3.50. The third-order valence-corrected chi connectivity index (χ3v) is 5.08. The SMILES string of the molecule is Cc1cc(Nc2ccc3[nH]c(-c4ccc(Nc5ccncc5C)cc4)nc3c2)nc(N)n1. The molecular weight excluding hydrogens is 400 g/mol. The standard InChI is InChI=1S/C24H22N8/c1-14-13-26-10-9-19(14)28-17-5-3-16(4-6-17)23-30-20-8-7-18(12-21(20)31-23)29-22-11-15(2)27-24(25)32-22/h3-13H,1-2H3,(H,26,28)(H,30,31)(H3,25,27,29,32). The number of nitrogens with zero attached hydrogens (tertiary/aromatic N) is 4. The Bertz CT molecular complexity index is 1390. The van der Waals surface area contributed by atoms with Crippen LogP contribution in [0.1, 0.15) is 11.3 Å². The van der Waals surface area contributed by atoms with E-state index in [0.29, 0.717) is 5.82 Å². The Kier molecular flexibility index (Phi) is 4.87. The van der Waals surface area contributed by atoms with Gasteiger partial charge in [0.25, 0.3) is 0 Å². The Morgan fingerprint density at radius 3 is 2.44 bits per heavy atom. The molecule has 0 atom stereocenters. The number of nitrogens with two attached hydrogens (primary N) is 1. The number of nitrogens with one attached hydrogen (secondary N) is 3. The minimum absolute atomic E-state index is 0.243. The molecule has 0 bridgehead atoms. The molecule has 0 aliphatic carbocycles. The molecule has 0 radical (unpaired) electrons. The van der Waals surface area contributed by atoms with Crippen molar-refractivity contribution in [2.75, 3.05) is 16.4 Å². The highest BCUT2D eigenvalue weighted by atomic mass is 15.1. The largest absolute Gasteiger partial charge is 0.368 e. The number of fused-ring (bicyclic) bond motifs is 1. The summed E-state index contributed by atoms with van der Waals surface area (Å²) in [6.07, 6.45) is 3.62. The summed E-state index contributed by atoms with van der Waals surface area (Å²) in [6, 6.07) is 17.9. The number of rotatable bonds is 5. The van der Waals surface area contributed by atoms with E-state index >= 15 is 0 Å². The number of pyridine rings is 1. The fourth-order valence-corrected chi connectivity index (χ4v) is 3.50. The average molecular weight is 422 g/mol. The summed E-state index contributed by atoms with van der Waals surface area (Å²) in [7, 11) is 0. The van der Waals surface area contributed by atoms with E-state index in [2.05, 4.69) is 30.6 Å². The number of hydrogen-bond donors (Lipinski definition) is 4. The van der Waals surface area contributed by atoms with Gasteiger partial charge in [-0.3, -0.25) is 4.98 Å². The number of imidazole rings is 1. The van der Waals surface area contributed by atoms with E-state index in [1.54, 1.807) is 6.20 Å². The second kappa shape index (κ2) is 7.99. The van der Waals surface area contributed by atoms with Crippen molar-refractivity contribution in [1.29, 1.82) is 0 Å². The Morgan fingerprint density at radius 2 is 1.66 bits per heavy atom. The monoisotopic (exact) mass is 422 g/mol. The zero-order chi connectivity index (χ0) is 22.1. The lowest BCUT2D eigenvalue weighted by molar-refractivity contribution is 1.12. The number of benzene rings is 2. The molecule has 5 rings (SSSR count). The Morgan fingerprint density at radius 1 is 0.844 bits per heavy atom. The number of anilines is 5. The maximum Gasteiger partial charge on any atom is 0.222 e. The van der Waals surface area contributed by atoms with Gasteiger partial charge in [0.15, 0.2) is 0 Å². The van der Waals surface area contributed by atoms with Gasteiger partial charge in [-0.15, -0.1) is 0 Å². The lowest BCUT2D eigenvalue weighted by Crippen LogP contribution is -2.01. The van der Waals surface area contributed by atoms with Crippen LogP contribution in [0.2, 0.25) is 0 Å². The zero-order valence-electron chi connectivity index (χ0n) is 17.7. The highest BCUT2D eigenvalue weighted by Gasteiger charge is 2.08. The highest BCUT2D eigenvalue weighted by Crippen LogP contribution is 2.26. The van der Waals surface area contributed by atoms with Crippen LogP contribution in [0.15, 0.2) is 67.0 Å². The molecule has 0 saturated heterocycles. The number of hydrogen-bond acceptors (Lipinski definition) is 7. The predicted molar refractivity (Wildman–Crippen MR) is 128 cm³/mol. The number of nitrogen functional groups attached to an aromatic ring is 1. The molecule has 5 N–H and O–H groups in total. The van der Waals surface area contributed by atoms with E-state index in [4.69, 9.17) is 10.7 Å². The van der Waals surface area contributed by atoms with Crippen LogP contribution in [0.5, 0.6) is 0 Å². The van der Waals surface area contributed by atoms with Gasteiger partial charge in [0.1, 0.15) is 11.6 Å². The minimum Gasteiger partial charge on any atom is -0.368 e. The Hall–Kier alpha value is -4.46. The van der Waals surface area contributed by atoms with E-state index in [1.165, 1.54) is 0 Å². The number of aromatic nitrogens is 5. The molecule has 32 heavy (non-hydrogen) atoms. The molecule has 2 aromatic carbocycles.